The second kappa shape index (κ2) is 8.65. The van der Waals surface area contributed by atoms with Crippen molar-refractivity contribution in [3.8, 4) is 6.07 Å². The van der Waals surface area contributed by atoms with Crippen molar-refractivity contribution in [2.24, 2.45) is 5.92 Å². The third kappa shape index (κ3) is 5.23. The summed E-state index contributed by atoms with van der Waals surface area (Å²) < 4.78 is 16.1. The van der Waals surface area contributed by atoms with E-state index < -0.39 is 29.7 Å². The Balaban J connectivity index is 2.77. The summed E-state index contributed by atoms with van der Waals surface area (Å²) in [6.07, 6.45) is 0.365. The fourth-order valence-corrected chi connectivity index (χ4v) is 2.54. The number of carbonyl (C=O) groups is 2. The second-order valence-corrected chi connectivity index (χ2v) is 5.37. The Hall–Kier alpha value is -1.73. The molecule has 2 atom stereocenters. The number of nitriles is 1. The molecule has 0 aliphatic carbocycles. The zero-order valence-electron chi connectivity index (χ0n) is 11.4. The Bertz CT molecular complexity index is 603. The summed E-state index contributed by atoms with van der Waals surface area (Å²) in [4.78, 5) is 22.2. The molecule has 3 N–H and O–H groups in total. The summed E-state index contributed by atoms with van der Waals surface area (Å²) in [5.74, 6) is -3.63. The average Bonchev–Trinajstić information content (AvgIpc) is 2.46. The number of carboxylic acid groups (broad SMARTS) is 2. The summed E-state index contributed by atoms with van der Waals surface area (Å²) in [5.41, 5.74) is 0.355. The molecule has 0 radical (unpaired) electrons. The molecule has 1 aromatic carbocycles. The monoisotopic (exact) mass is 420 g/mol. The van der Waals surface area contributed by atoms with Crippen LogP contribution in [0.25, 0.3) is 0 Å². The van der Waals surface area contributed by atoms with Crippen molar-refractivity contribution in [3.05, 3.63) is 35.1 Å². The Morgan fingerprint density at radius 2 is 2.00 bits per heavy atom. The van der Waals surface area contributed by atoms with Gasteiger partial charge in [0.1, 0.15) is 17.9 Å². The number of rotatable bonds is 8. The maximum absolute atomic E-state index is 13.5. The number of halogens is 2. The minimum atomic E-state index is -1.07. The standard InChI is InChI=1S/C14H14FIN2O4/c15-11-6-8(1-2-10(11)7-17)5-9(13(19)20)3-4-12(18-16)14(21)22/h1-2,6,9,12,18H,3-5H2,(H,19,20)(H,21,22)/t9?,12-/m0/s1. The molecule has 0 aliphatic heterocycles. The summed E-state index contributed by atoms with van der Waals surface area (Å²) in [5, 5.41) is 26.8. The van der Waals surface area contributed by atoms with Crippen molar-refractivity contribution in [1.29, 1.82) is 5.26 Å². The van der Waals surface area contributed by atoms with E-state index in [1.165, 1.54) is 12.1 Å². The summed E-state index contributed by atoms with van der Waals surface area (Å²) in [6, 6.07) is 4.80. The van der Waals surface area contributed by atoms with E-state index in [0.717, 1.165) is 6.07 Å². The average molecular weight is 420 g/mol. The Kier molecular flexibility index (Phi) is 7.20. The number of benzene rings is 1. The molecule has 0 aliphatic rings. The molecular formula is C14H14FIN2O4. The van der Waals surface area contributed by atoms with E-state index in [-0.39, 0.29) is 24.8 Å². The molecule has 22 heavy (non-hydrogen) atoms. The molecule has 0 saturated carbocycles. The highest BCUT2D eigenvalue weighted by Gasteiger charge is 2.23. The van der Waals surface area contributed by atoms with Gasteiger partial charge in [-0.2, -0.15) is 5.26 Å². The van der Waals surface area contributed by atoms with Gasteiger partial charge in [-0.25, -0.2) is 7.92 Å². The first-order valence-electron chi connectivity index (χ1n) is 6.39. The van der Waals surface area contributed by atoms with Crippen LogP contribution in [0.5, 0.6) is 0 Å². The van der Waals surface area contributed by atoms with Gasteiger partial charge >= 0.3 is 11.9 Å². The van der Waals surface area contributed by atoms with Crippen LogP contribution in [0.3, 0.4) is 0 Å². The summed E-state index contributed by atoms with van der Waals surface area (Å²) in [6.45, 7) is 0. The maximum Gasteiger partial charge on any atom is 0.321 e. The quantitative estimate of drug-likeness (QED) is 0.439. The second-order valence-electron chi connectivity index (χ2n) is 4.74. The molecule has 0 fully saturated rings. The Morgan fingerprint density at radius 1 is 1.32 bits per heavy atom. The fourth-order valence-electron chi connectivity index (χ4n) is 1.97. The van der Waals surface area contributed by atoms with Crippen LogP contribution < -0.4 is 3.53 Å². The largest absolute Gasteiger partial charge is 0.481 e. The van der Waals surface area contributed by atoms with E-state index in [9.17, 15) is 19.1 Å². The third-order valence-electron chi connectivity index (χ3n) is 3.22. The zero-order valence-corrected chi connectivity index (χ0v) is 13.6. The third-order valence-corrected chi connectivity index (χ3v) is 3.97. The van der Waals surface area contributed by atoms with Gasteiger partial charge in [0.05, 0.1) is 11.5 Å². The summed E-state index contributed by atoms with van der Waals surface area (Å²) in [7, 11) is 0. The number of aliphatic carboxylic acids is 2. The molecule has 1 aromatic rings. The first-order valence-corrected chi connectivity index (χ1v) is 7.47. The van der Waals surface area contributed by atoms with E-state index in [4.69, 9.17) is 10.4 Å². The van der Waals surface area contributed by atoms with Crippen LogP contribution >= 0.6 is 22.9 Å². The molecule has 0 spiro atoms. The molecule has 1 unspecified atom stereocenters. The Morgan fingerprint density at radius 3 is 2.45 bits per heavy atom. The van der Waals surface area contributed by atoms with Crippen LogP contribution in [0.4, 0.5) is 4.39 Å². The van der Waals surface area contributed by atoms with E-state index in [0.29, 0.717) is 5.56 Å². The van der Waals surface area contributed by atoms with Gasteiger partial charge in [0.25, 0.3) is 0 Å². The Labute approximate surface area is 140 Å². The molecular weight excluding hydrogens is 406 g/mol. The van der Waals surface area contributed by atoms with Crippen molar-refractivity contribution in [1.82, 2.24) is 3.53 Å². The van der Waals surface area contributed by atoms with Gasteiger partial charge in [-0.05, 0) is 37.0 Å². The highest BCUT2D eigenvalue weighted by molar-refractivity contribution is 14.1. The van der Waals surface area contributed by atoms with E-state index >= 15 is 0 Å². The lowest BCUT2D eigenvalue weighted by molar-refractivity contribution is -0.143. The van der Waals surface area contributed by atoms with Crippen LogP contribution in [0, 0.1) is 23.1 Å². The van der Waals surface area contributed by atoms with Gasteiger partial charge in [-0.3, -0.25) is 9.59 Å². The van der Waals surface area contributed by atoms with E-state index in [2.05, 4.69) is 3.53 Å². The van der Waals surface area contributed by atoms with Gasteiger partial charge in [0, 0.05) is 22.9 Å². The number of nitrogens with zero attached hydrogens (tertiary/aromatic N) is 1. The van der Waals surface area contributed by atoms with Crippen LogP contribution in [0.1, 0.15) is 24.0 Å². The van der Waals surface area contributed by atoms with Gasteiger partial charge < -0.3 is 10.2 Å². The number of hydrogen-bond acceptors (Lipinski definition) is 4. The lowest BCUT2D eigenvalue weighted by Crippen LogP contribution is -2.31. The van der Waals surface area contributed by atoms with E-state index in [1.807, 2.05) is 0 Å². The number of nitrogens with one attached hydrogen (secondary N) is 1. The molecule has 6 nitrogen and oxygen atoms in total. The van der Waals surface area contributed by atoms with Crippen molar-refractivity contribution in [2.75, 3.05) is 0 Å². The highest BCUT2D eigenvalue weighted by Crippen LogP contribution is 2.18. The molecule has 118 valence electrons. The van der Waals surface area contributed by atoms with E-state index in [1.54, 1.807) is 28.9 Å². The predicted octanol–water partition coefficient (Wildman–Crippen LogP) is 2.11. The smallest absolute Gasteiger partial charge is 0.321 e. The summed E-state index contributed by atoms with van der Waals surface area (Å²) >= 11 is 1.71. The van der Waals surface area contributed by atoms with Crippen molar-refractivity contribution in [2.45, 2.75) is 25.3 Å². The predicted molar refractivity (Wildman–Crippen MR) is 83.8 cm³/mol. The van der Waals surface area contributed by atoms with Crippen LogP contribution in [-0.4, -0.2) is 28.2 Å². The SMILES string of the molecule is N#Cc1ccc(CC(CC[C@H](NI)C(=O)O)C(=O)O)cc1F. The molecule has 0 saturated heterocycles. The molecule has 1 rings (SSSR count). The fraction of sp³-hybridized carbons (Fsp3) is 0.357. The van der Waals surface area contributed by atoms with Crippen LogP contribution in [0.2, 0.25) is 0 Å². The topological polar surface area (TPSA) is 110 Å². The van der Waals surface area contributed by atoms with Gasteiger partial charge in [0.15, 0.2) is 0 Å². The highest BCUT2D eigenvalue weighted by atomic mass is 127. The zero-order chi connectivity index (χ0) is 16.7. The van der Waals surface area contributed by atoms with Gasteiger partial charge in [-0.15, -0.1) is 0 Å². The van der Waals surface area contributed by atoms with Crippen molar-refractivity contribution >= 4 is 34.8 Å². The molecule has 0 heterocycles. The molecule has 0 bridgehead atoms. The first kappa shape index (κ1) is 18.3. The van der Waals surface area contributed by atoms with Crippen LogP contribution in [0.15, 0.2) is 18.2 Å². The number of carboxylic acids is 2. The lowest BCUT2D eigenvalue weighted by Gasteiger charge is -2.15. The number of hydrogen-bond donors (Lipinski definition) is 3. The minimum absolute atomic E-state index is 0.0749. The molecule has 8 heteroatoms. The van der Waals surface area contributed by atoms with Gasteiger partial charge in [-0.1, -0.05) is 6.07 Å². The maximum atomic E-state index is 13.5. The van der Waals surface area contributed by atoms with Gasteiger partial charge in [0.2, 0.25) is 0 Å². The minimum Gasteiger partial charge on any atom is -0.481 e. The molecule has 0 aromatic heterocycles. The first-order chi connectivity index (χ1) is 10.4. The lowest BCUT2D eigenvalue weighted by atomic mass is 9.92. The van der Waals surface area contributed by atoms with Crippen molar-refractivity contribution in [3.63, 3.8) is 0 Å². The van der Waals surface area contributed by atoms with Crippen molar-refractivity contribution < 1.29 is 24.2 Å². The normalized spacial score (nSPS) is 13.1. The van der Waals surface area contributed by atoms with Crippen LogP contribution in [-0.2, 0) is 16.0 Å². The molecule has 0 amide bonds.